The van der Waals surface area contributed by atoms with Crippen LogP contribution >= 0.6 is 0 Å². The highest BCUT2D eigenvalue weighted by atomic mass is 15.3. The molecule has 20 heavy (non-hydrogen) atoms. The molecule has 0 aromatic rings. The largest absolute Gasteiger partial charge is 0.330 e. The molecule has 3 nitrogen and oxygen atoms in total. The van der Waals surface area contributed by atoms with Crippen LogP contribution in [0, 0.1) is 11.8 Å². The van der Waals surface area contributed by atoms with E-state index in [1.54, 1.807) is 0 Å². The van der Waals surface area contributed by atoms with E-state index >= 15 is 0 Å². The molecule has 2 N–H and O–H groups in total. The Morgan fingerprint density at radius 2 is 2.00 bits per heavy atom. The molecular weight excluding hydrogens is 246 g/mol. The van der Waals surface area contributed by atoms with E-state index in [0.717, 1.165) is 30.5 Å². The van der Waals surface area contributed by atoms with Gasteiger partial charge in [0.15, 0.2) is 0 Å². The smallest absolute Gasteiger partial charge is 0.0224 e. The van der Waals surface area contributed by atoms with Crippen molar-refractivity contribution in [3.8, 4) is 0 Å². The van der Waals surface area contributed by atoms with Crippen molar-refractivity contribution in [3.63, 3.8) is 0 Å². The summed E-state index contributed by atoms with van der Waals surface area (Å²) in [7, 11) is 0. The summed E-state index contributed by atoms with van der Waals surface area (Å²) < 4.78 is 0. The first-order valence-electron chi connectivity index (χ1n) is 8.80. The van der Waals surface area contributed by atoms with Gasteiger partial charge in [0.1, 0.15) is 0 Å². The first-order valence-corrected chi connectivity index (χ1v) is 8.80. The van der Waals surface area contributed by atoms with E-state index in [9.17, 15) is 0 Å². The molecule has 0 aromatic heterocycles. The Morgan fingerprint density at radius 1 is 1.20 bits per heavy atom. The third-order valence-corrected chi connectivity index (χ3v) is 5.57. The average Bonchev–Trinajstić information content (AvgIpc) is 2.84. The summed E-state index contributed by atoms with van der Waals surface area (Å²) in [5.74, 6) is 1.60. The van der Waals surface area contributed by atoms with Crippen molar-refractivity contribution in [2.24, 2.45) is 17.6 Å². The van der Waals surface area contributed by atoms with Crippen molar-refractivity contribution >= 4 is 0 Å². The first kappa shape index (κ1) is 16.3. The van der Waals surface area contributed by atoms with Gasteiger partial charge in [-0.05, 0) is 70.5 Å². The third kappa shape index (κ3) is 4.19. The molecule has 0 spiro atoms. The van der Waals surface area contributed by atoms with Crippen LogP contribution in [0.1, 0.15) is 52.9 Å². The molecule has 0 bridgehead atoms. The lowest BCUT2D eigenvalue weighted by Crippen LogP contribution is -2.55. The Kier molecular flexibility index (Phi) is 6.31. The second kappa shape index (κ2) is 7.77. The highest BCUT2D eigenvalue weighted by Gasteiger charge is 2.33. The normalized spacial score (nSPS) is 29.9. The highest BCUT2D eigenvalue weighted by molar-refractivity contribution is 4.90. The fourth-order valence-electron chi connectivity index (χ4n) is 4.14. The summed E-state index contributed by atoms with van der Waals surface area (Å²) in [5, 5.41) is 0. The summed E-state index contributed by atoms with van der Waals surface area (Å²) in [6.45, 7) is 13.2. The molecule has 3 atom stereocenters. The van der Waals surface area contributed by atoms with Gasteiger partial charge in [0.25, 0.3) is 0 Å². The van der Waals surface area contributed by atoms with Crippen molar-refractivity contribution in [1.82, 2.24) is 9.80 Å². The number of piperazine rings is 1. The molecule has 2 heterocycles. The molecule has 118 valence electrons. The van der Waals surface area contributed by atoms with Crippen LogP contribution in [0.3, 0.4) is 0 Å². The minimum absolute atomic E-state index is 0.747. The van der Waals surface area contributed by atoms with Gasteiger partial charge in [0.05, 0.1) is 0 Å². The zero-order valence-electron chi connectivity index (χ0n) is 13.9. The Hall–Kier alpha value is -0.120. The predicted octanol–water partition coefficient (Wildman–Crippen LogP) is 2.56. The Labute approximate surface area is 125 Å². The third-order valence-electron chi connectivity index (χ3n) is 5.57. The quantitative estimate of drug-likeness (QED) is 0.778. The monoisotopic (exact) mass is 281 g/mol. The van der Waals surface area contributed by atoms with Crippen LogP contribution < -0.4 is 5.73 Å². The second-order valence-corrected chi connectivity index (χ2v) is 7.36. The van der Waals surface area contributed by atoms with Crippen LogP contribution in [0.15, 0.2) is 0 Å². The lowest BCUT2D eigenvalue weighted by Gasteiger charge is -2.42. The van der Waals surface area contributed by atoms with Gasteiger partial charge in [-0.2, -0.15) is 0 Å². The van der Waals surface area contributed by atoms with Gasteiger partial charge < -0.3 is 5.73 Å². The van der Waals surface area contributed by atoms with Crippen LogP contribution in [0.4, 0.5) is 0 Å². The number of hydrogen-bond acceptors (Lipinski definition) is 3. The van der Waals surface area contributed by atoms with Crippen molar-refractivity contribution in [2.45, 2.75) is 65.0 Å². The zero-order valence-corrected chi connectivity index (χ0v) is 13.9. The number of rotatable bonds is 7. The lowest BCUT2D eigenvalue weighted by atomic mass is 9.88. The number of nitrogens with two attached hydrogens (primary N) is 1. The number of nitrogens with zero attached hydrogens (tertiary/aromatic N) is 2. The van der Waals surface area contributed by atoms with E-state index in [-0.39, 0.29) is 0 Å². The summed E-state index contributed by atoms with van der Waals surface area (Å²) >= 11 is 0. The van der Waals surface area contributed by atoms with Gasteiger partial charge in [-0.3, -0.25) is 9.80 Å². The molecular formula is C17H35N3. The van der Waals surface area contributed by atoms with Crippen LogP contribution in [-0.2, 0) is 0 Å². The van der Waals surface area contributed by atoms with Gasteiger partial charge in [-0.25, -0.2) is 0 Å². The summed E-state index contributed by atoms with van der Waals surface area (Å²) in [6.07, 6.45) is 6.73. The van der Waals surface area contributed by atoms with Crippen LogP contribution in [0.2, 0.25) is 0 Å². The molecule has 2 saturated heterocycles. The van der Waals surface area contributed by atoms with E-state index in [2.05, 4.69) is 30.6 Å². The molecule has 3 heteroatoms. The molecule has 0 aromatic carbocycles. The maximum atomic E-state index is 5.75. The van der Waals surface area contributed by atoms with Crippen LogP contribution in [0.25, 0.3) is 0 Å². The second-order valence-electron chi connectivity index (χ2n) is 7.36. The Balaban J connectivity index is 1.72. The maximum absolute atomic E-state index is 5.75. The number of fused-ring (bicyclic) bond motifs is 1. The Bertz CT molecular complexity index is 279. The van der Waals surface area contributed by atoms with Crippen molar-refractivity contribution < 1.29 is 0 Å². The Morgan fingerprint density at radius 3 is 2.70 bits per heavy atom. The zero-order chi connectivity index (χ0) is 14.5. The SMILES string of the molecule is CC(C)C(CCN)CCCN1CC2CCCN2CC1C. The minimum Gasteiger partial charge on any atom is -0.330 e. The van der Waals surface area contributed by atoms with E-state index < -0.39 is 0 Å². The van der Waals surface area contributed by atoms with E-state index in [1.807, 2.05) is 0 Å². The van der Waals surface area contributed by atoms with Gasteiger partial charge in [-0.1, -0.05) is 13.8 Å². The minimum atomic E-state index is 0.747. The maximum Gasteiger partial charge on any atom is 0.0224 e. The first-order chi connectivity index (χ1) is 9.61. The molecule has 3 unspecified atom stereocenters. The van der Waals surface area contributed by atoms with Gasteiger partial charge in [0, 0.05) is 25.2 Å². The fourth-order valence-corrected chi connectivity index (χ4v) is 4.14. The van der Waals surface area contributed by atoms with Crippen LogP contribution in [-0.4, -0.2) is 54.6 Å². The van der Waals surface area contributed by atoms with Crippen molar-refractivity contribution in [3.05, 3.63) is 0 Å². The average molecular weight is 281 g/mol. The molecule has 2 fully saturated rings. The summed E-state index contributed by atoms with van der Waals surface area (Å²) in [4.78, 5) is 5.46. The number of hydrogen-bond donors (Lipinski definition) is 1. The van der Waals surface area contributed by atoms with E-state index in [0.29, 0.717) is 0 Å². The van der Waals surface area contributed by atoms with Crippen molar-refractivity contribution in [1.29, 1.82) is 0 Å². The molecule has 2 aliphatic rings. The van der Waals surface area contributed by atoms with Gasteiger partial charge in [-0.15, -0.1) is 0 Å². The predicted molar refractivity (Wildman–Crippen MR) is 86.9 cm³/mol. The summed E-state index contributed by atoms with van der Waals surface area (Å²) in [6, 6.07) is 1.60. The standard InChI is InChI=1S/C17H35N3/c1-14(2)16(8-9-18)6-4-10-19-13-17-7-5-11-20(17)12-15(19)3/h14-17H,4-13,18H2,1-3H3. The van der Waals surface area contributed by atoms with E-state index in [1.165, 1.54) is 58.3 Å². The van der Waals surface area contributed by atoms with Gasteiger partial charge >= 0.3 is 0 Å². The van der Waals surface area contributed by atoms with Crippen molar-refractivity contribution in [2.75, 3.05) is 32.7 Å². The summed E-state index contributed by atoms with van der Waals surface area (Å²) in [5.41, 5.74) is 5.75. The fraction of sp³-hybridized carbons (Fsp3) is 1.00. The topological polar surface area (TPSA) is 32.5 Å². The van der Waals surface area contributed by atoms with E-state index in [4.69, 9.17) is 5.73 Å². The molecule has 0 saturated carbocycles. The molecule has 0 amide bonds. The molecule has 0 aliphatic carbocycles. The highest BCUT2D eigenvalue weighted by Crippen LogP contribution is 2.26. The van der Waals surface area contributed by atoms with Crippen LogP contribution in [0.5, 0.6) is 0 Å². The molecule has 0 radical (unpaired) electrons. The molecule has 2 rings (SSSR count). The molecule has 2 aliphatic heterocycles. The van der Waals surface area contributed by atoms with Gasteiger partial charge in [0.2, 0.25) is 0 Å². The lowest BCUT2D eigenvalue weighted by molar-refractivity contribution is 0.0569.